The van der Waals surface area contributed by atoms with Crippen molar-refractivity contribution in [1.29, 1.82) is 0 Å². The fraction of sp³-hybridized carbons (Fsp3) is 0.731. The molecule has 0 unspecified atom stereocenters. The molecule has 1 aromatic carbocycles. The van der Waals surface area contributed by atoms with Crippen LogP contribution in [0.2, 0.25) is 0 Å². The van der Waals surface area contributed by atoms with Gasteiger partial charge in [-0.25, -0.2) is 4.79 Å². The molecule has 166 valence electrons. The third-order valence-corrected chi connectivity index (χ3v) is 5.56. The van der Waals surface area contributed by atoms with Gasteiger partial charge >= 0.3 is 5.97 Å². The first-order valence-corrected chi connectivity index (χ1v) is 12.1. The van der Waals surface area contributed by atoms with E-state index in [1.807, 2.05) is 0 Å². The Balaban J connectivity index is 1.81. The van der Waals surface area contributed by atoms with E-state index in [-0.39, 0.29) is 5.97 Å². The molecule has 0 saturated carbocycles. The lowest BCUT2D eigenvalue weighted by molar-refractivity contribution is 0.0497. The van der Waals surface area contributed by atoms with Crippen molar-refractivity contribution in [1.82, 2.24) is 0 Å². The lowest BCUT2D eigenvalue weighted by Gasteiger charge is -2.06. The third kappa shape index (κ3) is 14.2. The number of hydrogen-bond donors (Lipinski definition) is 0. The Labute approximate surface area is 179 Å². The molecule has 1 aromatic rings. The van der Waals surface area contributed by atoms with Gasteiger partial charge in [-0.15, -0.1) is 0 Å². The molecule has 29 heavy (non-hydrogen) atoms. The summed E-state index contributed by atoms with van der Waals surface area (Å²) in [6.07, 6.45) is 21.6. The molecule has 0 spiro atoms. The van der Waals surface area contributed by atoms with Crippen molar-refractivity contribution in [2.45, 2.75) is 110 Å². The Bertz CT molecular complexity index is 495. The maximum absolute atomic E-state index is 11.9. The van der Waals surface area contributed by atoms with Gasteiger partial charge in [0.2, 0.25) is 0 Å². The molecule has 0 heterocycles. The van der Waals surface area contributed by atoms with Crippen LogP contribution in [-0.4, -0.2) is 19.7 Å². The Hall–Kier alpha value is -1.51. The minimum absolute atomic E-state index is 0.242. The van der Waals surface area contributed by atoms with Crippen LogP contribution in [0.4, 0.5) is 0 Å². The first-order chi connectivity index (χ1) is 14.3. The molecule has 0 atom stereocenters. The molecule has 0 amide bonds. The minimum Gasteiger partial charge on any atom is -0.497 e. The topological polar surface area (TPSA) is 35.5 Å². The van der Waals surface area contributed by atoms with Gasteiger partial charge in [-0.3, -0.25) is 0 Å². The number of carbonyl (C=O) groups excluding carboxylic acids is 1. The second-order valence-electron chi connectivity index (χ2n) is 8.17. The molecule has 1 rings (SSSR count). The van der Waals surface area contributed by atoms with Crippen molar-refractivity contribution in [3.63, 3.8) is 0 Å². The SMILES string of the molecule is CCCCCCCCCCCCCCCCCCOC(=O)c1ccc(OC)cc1. The zero-order valence-corrected chi connectivity index (χ0v) is 19.1. The number of rotatable bonds is 19. The summed E-state index contributed by atoms with van der Waals surface area (Å²) in [6, 6.07) is 7.06. The highest BCUT2D eigenvalue weighted by Crippen LogP contribution is 2.14. The predicted molar refractivity (Wildman–Crippen MR) is 123 cm³/mol. The van der Waals surface area contributed by atoms with Crippen molar-refractivity contribution < 1.29 is 14.3 Å². The number of benzene rings is 1. The van der Waals surface area contributed by atoms with Gasteiger partial charge in [0, 0.05) is 0 Å². The Morgan fingerprint density at radius 2 is 1.07 bits per heavy atom. The highest BCUT2D eigenvalue weighted by molar-refractivity contribution is 5.89. The summed E-state index contributed by atoms with van der Waals surface area (Å²) in [5, 5.41) is 0. The van der Waals surface area contributed by atoms with Gasteiger partial charge < -0.3 is 9.47 Å². The largest absolute Gasteiger partial charge is 0.497 e. The quantitative estimate of drug-likeness (QED) is 0.172. The molecule has 0 aliphatic heterocycles. The van der Waals surface area contributed by atoms with Crippen LogP contribution < -0.4 is 4.74 Å². The van der Waals surface area contributed by atoms with Crippen LogP contribution in [-0.2, 0) is 4.74 Å². The zero-order valence-electron chi connectivity index (χ0n) is 19.1. The predicted octanol–water partition coefficient (Wildman–Crippen LogP) is 8.11. The summed E-state index contributed by atoms with van der Waals surface area (Å²) in [4.78, 5) is 11.9. The Morgan fingerprint density at radius 1 is 0.655 bits per heavy atom. The van der Waals surface area contributed by atoms with Gasteiger partial charge in [0.15, 0.2) is 0 Å². The van der Waals surface area contributed by atoms with Gasteiger partial charge in [0.05, 0.1) is 19.3 Å². The number of methoxy groups -OCH3 is 1. The third-order valence-electron chi connectivity index (χ3n) is 5.56. The number of carbonyl (C=O) groups is 1. The minimum atomic E-state index is -0.242. The molecule has 0 aromatic heterocycles. The molecule has 3 heteroatoms. The van der Waals surface area contributed by atoms with Gasteiger partial charge in [-0.05, 0) is 30.7 Å². The molecular formula is C26H44O3. The molecule has 3 nitrogen and oxygen atoms in total. The zero-order chi connectivity index (χ0) is 21.0. The van der Waals surface area contributed by atoms with E-state index in [1.165, 1.54) is 89.9 Å². The standard InChI is InChI=1S/C26H44O3/c1-3-4-5-6-7-8-9-10-11-12-13-14-15-16-17-18-23-29-26(27)24-19-21-25(28-2)22-20-24/h19-22H,3-18,23H2,1-2H3. The number of hydrogen-bond acceptors (Lipinski definition) is 3. The highest BCUT2D eigenvalue weighted by atomic mass is 16.5. The van der Waals surface area contributed by atoms with Crippen LogP contribution in [0.3, 0.4) is 0 Å². The van der Waals surface area contributed by atoms with Crippen LogP contribution in [0.5, 0.6) is 5.75 Å². The molecule has 0 aliphatic rings. The summed E-state index contributed by atoms with van der Waals surface area (Å²) in [7, 11) is 1.62. The molecule has 0 radical (unpaired) electrons. The van der Waals surface area contributed by atoms with E-state index in [1.54, 1.807) is 31.4 Å². The first-order valence-electron chi connectivity index (χ1n) is 12.1. The molecule has 0 saturated heterocycles. The van der Waals surface area contributed by atoms with Crippen LogP contribution in [0.1, 0.15) is 120 Å². The van der Waals surface area contributed by atoms with Crippen molar-refractivity contribution in [3.8, 4) is 5.75 Å². The molecule has 0 aliphatic carbocycles. The summed E-state index contributed by atoms with van der Waals surface area (Å²) in [5.74, 6) is 0.507. The van der Waals surface area contributed by atoms with Gasteiger partial charge in [-0.1, -0.05) is 103 Å². The fourth-order valence-electron chi connectivity index (χ4n) is 3.63. The lowest BCUT2D eigenvalue weighted by atomic mass is 10.0. The summed E-state index contributed by atoms with van der Waals surface area (Å²) < 4.78 is 10.4. The first kappa shape index (κ1) is 25.5. The van der Waals surface area contributed by atoms with E-state index in [2.05, 4.69) is 6.92 Å². The van der Waals surface area contributed by atoms with Gasteiger partial charge in [0.25, 0.3) is 0 Å². The molecular weight excluding hydrogens is 360 g/mol. The van der Waals surface area contributed by atoms with Crippen molar-refractivity contribution in [3.05, 3.63) is 29.8 Å². The smallest absolute Gasteiger partial charge is 0.338 e. The van der Waals surface area contributed by atoms with E-state index < -0.39 is 0 Å². The van der Waals surface area contributed by atoms with Gasteiger partial charge in [-0.2, -0.15) is 0 Å². The Kier molecular flexibility index (Phi) is 16.3. The molecule has 0 fully saturated rings. The van der Waals surface area contributed by atoms with Crippen LogP contribution in [0.15, 0.2) is 24.3 Å². The average Bonchev–Trinajstić information content (AvgIpc) is 2.75. The normalized spacial score (nSPS) is 10.8. The average molecular weight is 405 g/mol. The van der Waals surface area contributed by atoms with E-state index in [9.17, 15) is 4.79 Å². The van der Waals surface area contributed by atoms with E-state index >= 15 is 0 Å². The highest BCUT2D eigenvalue weighted by Gasteiger charge is 2.06. The molecule has 0 N–H and O–H groups in total. The monoisotopic (exact) mass is 404 g/mol. The summed E-state index contributed by atoms with van der Waals surface area (Å²) in [6.45, 7) is 2.80. The van der Waals surface area contributed by atoms with E-state index in [0.29, 0.717) is 12.2 Å². The number of esters is 1. The summed E-state index contributed by atoms with van der Waals surface area (Å²) in [5.41, 5.74) is 0.585. The maximum atomic E-state index is 11.9. The lowest BCUT2D eigenvalue weighted by Crippen LogP contribution is -2.06. The van der Waals surface area contributed by atoms with Crippen molar-refractivity contribution in [2.24, 2.45) is 0 Å². The molecule has 0 bridgehead atoms. The van der Waals surface area contributed by atoms with Crippen LogP contribution in [0.25, 0.3) is 0 Å². The fourth-order valence-corrected chi connectivity index (χ4v) is 3.63. The van der Waals surface area contributed by atoms with Crippen LogP contribution >= 0.6 is 0 Å². The van der Waals surface area contributed by atoms with Gasteiger partial charge in [0.1, 0.15) is 5.75 Å². The second-order valence-corrected chi connectivity index (χ2v) is 8.17. The number of unbranched alkanes of at least 4 members (excludes halogenated alkanes) is 15. The van der Waals surface area contributed by atoms with Crippen molar-refractivity contribution >= 4 is 5.97 Å². The second kappa shape index (κ2) is 18.5. The van der Waals surface area contributed by atoms with Crippen molar-refractivity contribution in [2.75, 3.05) is 13.7 Å². The number of ether oxygens (including phenoxy) is 2. The summed E-state index contributed by atoms with van der Waals surface area (Å²) >= 11 is 0. The maximum Gasteiger partial charge on any atom is 0.338 e. The van der Waals surface area contributed by atoms with Crippen LogP contribution in [0, 0.1) is 0 Å². The van der Waals surface area contributed by atoms with E-state index in [0.717, 1.165) is 18.6 Å². The van der Waals surface area contributed by atoms with E-state index in [4.69, 9.17) is 9.47 Å². The Morgan fingerprint density at radius 3 is 1.48 bits per heavy atom.